The zero-order valence-electron chi connectivity index (χ0n) is 11.6. The van der Waals surface area contributed by atoms with Gasteiger partial charge in [0.05, 0.1) is 21.7 Å². The predicted octanol–water partition coefficient (Wildman–Crippen LogP) is 4.12. The van der Waals surface area contributed by atoms with Crippen molar-refractivity contribution in [2.24, 2.45) is 0 Å². The van der Waals surface area contributed by atoms with Crippen LogP contribution in [-0.4, -0.2) is 25.9 Å². The average molecular weight is 395 g/mol. The summed E-state index contributed by atoms with van der Waals surface area (Å²) in [6.07, 6.45) is 0.236. The molecule has 108 valence electrons. The highest BCUT2D eigenvalue weighted by molar-refractivity contribution is 9.11. The molecule has 0 heterocycles. The van der Waals surface area contributed by atoms with Crippen LogP contribution in [0.25, 0.3) is 0 Å². The third kappa shape index (κ3) is 5.81. The zero-order valence-corrected chi connectivity index (χ0v) is 14.8. The van der Waals surface area contributed by atoms with E-state index >= 15 is 0 Å². The third-order valence-corrected chi connectivity index (χ3v) is 3.74. The van der Waals surface area contributed by atoms with Crippen LogP contribution < -0.4 is 10.1 Å². The van der Waals surface area contributed by atoms with Crippen LogP contribution in [0.2, 0.25) is 0 Å². The second-order valence-electron chi connectivity index (χ2n) is 4.22. The second-order valence-corrected chi connectivity index (χ2v) is 5.93. The molecule has 0 fully saturated rings. The zero-order chi connectivity index (χ0) is 14.3. The van der Waals surface area contributed by atoms with Crippen molar-refractivity contribution < 1.29 is 9.47 Å². The molecule has 1 N–H and O–H groups in total. The Kier molecular flexibility index (Phi) is 7.99. The Morgan fingerprint density at radius 1 is 1.16 bits per heavy atom. The first-order chi connectivity index (χ1) is 9.08. The van der Waals surface area contributed by atoms with E-state index in [1.807, 2.05) is 13.8 Å². The highest BCUT2D eigenvalue weighted by Gasteiger charge is 2.08. The van der Waals surface area contributed by atoms with E-state index in [-0.39, 0.29) is 6.10 Å². The average Bonchev–Trinajstić information content (AvgIpc) is 2.34. The summed E-state index contributed by atoms with van der Waals surface area (Å²) in [5.41, 5.74) is 1.20. The van der Waals surface area contributed by atoms with Crippen molar-refractivity contribution in [1.82, 2.24) is 5.32 Å². The van der Waals surface area contributed by atoms with Gasteiger partial charge >= 0.3 is 0 Å². The largest absolute Gasteiger partial charge is 0.492 e. The quantitative estimate of drug-likeness (QED) is 0.719. The Morgan fingerprint density at radius 2 is 1.79 bits per heavy atom. The van der Waals surface area contributed by atoms with Gasteiger partial charge in [-0.05, 0) is 70.3 Å². The van der Waals surface area contributed by atoms with Gasteiger partial charge in [0, 0.05) is 19.7 Å². The SMILES string of the molecule is CCOc1c(Br)cc(CNCC(C)OCC)cc1Br. The molecule has 0 aliphatic heterocycles. The molecule has 19 heavy (non-hydrogen) atoms. The lowest BCUT2D eigenvalue weighted by atomic mass is 10.2. The molecule has 0 aliphatic carbocycles. The Hall–Kier alpha value is -0.100. The second kappa shape index (κ2) is 8.95. The molecule has 0 saturated carbocycles. The predicted molar refractivity (Wildman–Crippen MR) is 85.8 cm³/mol. The van der Waals surface area contributed by atoms with Gasteiger partial charge in [-0.15, -0.1) is 0 Å². The van der Waals surface area contributed by atoms with Crippen LogP contribution in [-0.2, 0) is 11.3 Å². The van der Waals surface area contributed by atoms with Crippen molar-refractivity contribution in [1.29, 1.82) is 0 Å². The number of ether oxygens (including phenoxy) is 2. The first kappa shape index (κ1) is 17.0. The van der Waals surface area contributed by atoms with Crippen molar-refractivity contribution in [3.05, 3.63) is 26.6 Å². The lowest BCUT2D eigenvalue weighted by molar-refractivity contribution is 0.0759. The number of halogens is 2. The minimum absolute atomic E-state index is 0.236. The van der Waals surface area contributed by atoms with E-state index in [4.69, 9.17) is 9.47 Å². The molecule has 0 amide bonds. The van der Waals surface area contributed by atoms with Gasteiger partial charge < -0.3 is 14.8 Å². The fourth-order valence-corrected chi connectivity index (χ4v) is 3.27. The molecule has 0 saturated heterocycles. The van der Waals surface area contributed by atoms with Gasteiger partial charge in [0.2, 0.25) is 0 Å². The summed E-state index contributed by atoms with van der Waals surface area (Å²) in [4.78, 5) is 0. The molecule has 3 nitrogen and oxygen atoms in total. The molecule has 1 rings (SSSR count). The van der Waals surface area contributed by atoms with Gasteiger partial charge in [0.25, 0.3) is 0 Å². The first-order valence-corrected chi connectivity index (χ1v) is 8.10. The van der Waals surface area contributed by atoms with Crippen molar-refractivity contribution in [3.63, 3.8) is 0 Å². The summed E-state index contributed by atoms with van der Waals surface area (Å²) in [6.45, 7) is 9.11. The maximum absolute atomic E-state index is 5.56. The fourth-order valence-electron chi connectivity index (χ4n) is 1.76. The number of benzene rings is 1. The van der Waals surface area contributed by atoms with E-state index in [0.29, 0.717) is 6.61 Å². The third-order valence-electron chi connectivity index (χ3n) is 2.56. The van der Waals surface area contributed by atoms with Gasteiger partial charge in [0.15, 0.2) is 0 Å². The number of nitrogens with one attached hydrogen (secondary N) is 1. The molecular formula is C14H21Br2NO2. The van der Waals surface area contributed by atoms with Crippen LogP contribution in [0, 0.1) is 0 Å². The van der Waals surface area contributed by atoms with Crippen molar-refractivity contribution in [2.45, 2.75) is 33.4 Å². The minimum atomic E-state index is 0.236. The minimum Gasteiger partial charge on any atom is -0.492 e. The van der Waals surface area contributed by atoms with Crippen LogP contribution in [0.3, 0.4) is 0 Å². The number of hydrogen-bond acceptors (Lipinski definition) is 3. The van der Waals surface area contributed by atoms with Gasteiger partial charge in [0.1, 0.15) is 5.75 Å². The van der Waals surface area contributed by atoms with Crippen LogP contribution >= 0.6 is 31.9 Å². The van der Waals surface area contributed by atoms with E-state index in [9.17, 15) is 0 Å². The van der Waals surface area contributed by atoms with E-state index in [0.717, 1.165) is 34.4 Å². The van der Waals surface area contributed by atoms with E-state index in [2.05, 4.69) is 56.2 Å². The van der Waals surface area contributed by atoms with Crippen molar-refractivity contribution in [3.8, 4) is 5.75 Å². The maximum atomic E-state index is 5.56. The van der Waals surface area contributed by atoms with Gasteiger partial charge in [-0.2, -0.15) is 0 Å². The molecule has 1 aromatic carbocycles. The van der Waals surface area contributed by atoms with Gasteiger partial charge in [-0.1, -0.05) is 0 Å². The van der Waals surface area contributed by atoms with Crippen LogP contribution in [0.5, 0.6) is 5.75 Å². The molecule has 1 atom stereocenters. The normalized spacial score (nSPS) is 12.5. The van der Waals surface area contributed by atoms with Crippen molar-refractivity contribution in [2.75, 3.05) is 19.8 Å². The number of rotatable bonds is 8. The molecule has 0 aliphatic rings. The fraction of sp³-hybridized carbons (Fsp3) is 0.571. The van der Waals surface area contributed by atoms with E-state index < -0.39 is 0 Å². The molecule has 0 spiro atoms. The van der Waals surface area contributed by atoms with Crippen LogP contribution in [0.4, 0.5) is 0 Å². The lowest BCUT2D eigenvalue weighted by Crippen LogP contribution is -2.26. The number of hydrogen-bond donors (Lipinski definition) is 1. The Labute approximate surface area is 132 Å². The lowest BCUT2D eigenvalue weighted by Gasteiger charge is -2.14. The van der Waals surface area contributed by atoms with E-state index in [1.54, 1.807) is 0 Å². The monoisotopic (exact) mass is 393 g/mol. The Bertz CT molecular complexity index is 376. The summed E-state index contributed by atoms with van der Waals surface area (Å²) in [5, 5.41) is 3.38. The molecule has 1 unspecified atom stereocenters. The highest BCUT2D eigenvalue weighted by atomic mass is 79.9. The Morgan fingerprint density at radius 3 is 2.32 bits per heavy atom. The summed E-state index contributed by atoms with van der Waals surface area (Å²) in [7, 11) is 0. The highest BCUT2D eigenvalue weighted by Crippen LogP contribution is 2.34. The standard InChI is InChI=1S/C14H21Br2NO2/c1-4-18-10(3)8-17-9-11-6-12(15)14(19-5-2)13(16)7-11/h6-7,10,17H,4-5,8-9H2,1-3H3. The molecule has 1 aromatic rings. The Balaban J connectivity index is 2.55. The summed E-state index contributed by atoms with van der Waals surface area (Å²) < 4.78 is 13.0. The summed E-state index contributed by atoms with van der Waals surface area (Å²) in [6, 6.07) is 4.15. The summed E-state index contributed by atoms with van der Waals surface area (Å²) >= 11 is 7.07. The summed E-state index contributed by atoms with van der Waals surface area (Å²) in [5.74, 6) is 0.855. The van der Waals surface area contributed by atoms with Crippen LogP contribution in [0.15, 0.2) is 21.1 Å². The maximum Gasteiger partial charge on any atom is 0.147 e. The van der Waals surface area contributed by atoms with Crippen molar-refractivity contribution >= 4 is 31.9 Å². The molecule has 0 radical (unpaired) electrons. The smallest absolute Gasteiger partial charge is 0.147 e. The molecule has 5 heteroatoms. The first-order valence-electron chi connectivity index (χ1n) is 6.51. The van der Waals surface area contributed by atoms with E-state index in [1.165, 1.54) is 5.56 Å². The molecule has 0 bridgehead atoms. The topological polar surface area (TPSA) is 30.5 Å². The van der Waals surface area contributed by atoms with Crippen LogP contribution in [0.1, 0.15) is 26.3 Å². The van der Waals surface area contributed by atoms with Gasteiger partial charge in [-0.25, -0.2) is 0 Å². The molecular weight excluding hydrogens is 374 g/mol. The molecule has 0 aromatic heterocycles. The van der Waals surface area contributed by atoms with Gasteiger partial charge in [-0.3, -0.25) is 0 Å².